The van der Waals surface area contributed by atoms with E-state index in [1.165, 1.54) is 18.4 Å². The lowest BCUT2D eigenvalue weighted by Gasteiger charge is -2.34. The first kappa shape index (κ1) is 13.6. The molecule has 20 heavy (non-hydrogen) atoms. The second-order valence-electron chi connectivity index (χ2n) is 6.19. The molecule has 0 radical (unpaired) electrons. The summed E-state index contributed by atoms with van der Waals surface area (Å²) in [4.78, 5) is 12.6. The minimum atomic E-state index is -0.115. The first-order valence-electron chi connectivity index (χ1n) is 7.88. The largest absolute Gasteiger partial charge is 0.346 e. The van der Waals surface area contributed by atoms with Crippen molar-refractivity contribution >= 4 is 5.91 Å². The molecule has 2 fully saturated rings. The summed E-state index contributed by atoms with van der Waals surface area (Å²) in [5, 5.41) is 6.73. The monoisotopic (exact) mass is 272 g/mol. The van der Waals surface area contributed by atoms with E-state index in [2.05, 4.69) is 34.9 Å². The van der Waals surface area contributed by atoms with Gasteiger partial charge in [0.15, 0.2) is 0 Å². The van der Waals surface area contributed by atoms with Gasteiger partial charge in [0, 0.05) is 6.54 Å². The normalized spacial score (nSPS) is 25.3. The van der Waals surface area contributed by atoms with E-state index >= 15 is 0 Å². The number of piperidine rings is 1. The lowest BCUT2D eigenvalue weighted by molar-refractivity contribution is -0.127. The SMILES string of the molecule is O=C(NC1(c2ccccc2)CCCC1)C1CCCNC1. The molecule has 1 aliphatic carbocycles. The Morgan fingerprint density at radius 1 is 1.15 bits per heavy atom. The van der Waals surface area contributed by atoms with Gasteiger partial charge < -0.3 is 10.6 Å². The highest BCUT2D eigenvalue weighted by Gasteiger charge is 2.38. The van der Waals surface area contributed by atoms with Crippen LogP contribution in [-0.4, -0.2) is 19.0 Å². The third-order valence-electron chi connectivity index (χ3n) is 4.81. The van der Waals surface area contributed by atoms with E-state index in [0.29, 0.717) is 0 Å². The van der Waals surface area contributed by atoms with Crippen LogP contribution < -0.4 is 10.6 Å². The molecule has 0 aromatic heterocycles. The Balaban J connectivity index is 1.76. The molecular weight excluding hydrogens is 248 g/mol. The number of amides is 1. The van der Waals surface area contributed by atoms with E-state index in [0.717, 1.165) is 38.8 Å². The summed E-state index contributed by atoms with van der Waals surface area (Å²) < 4.78 is 0. The second kappa shape index (κ2) is 5.96. The van der Waals surface area contributed by atoms with Gasteiger partial charge in [0.2, 0.25) is 5.91 Å². The summed E-state index contributed by atoms with van der Waals surface area (Å²) >= 11 is 0. The number of carbonyl (C=O) groups is 1. The Morgan fingerprint density at radius 3 is 2.55 bits per heavy atom. The van der Waals surface area contributed by atoms with Crippen LogP contribution in [0.2, 0.25) is 0 Å². The minimum Gasteiger partial charge on any atom is -0.346 e. The van der Waals surface area contributed by atoms with Crippen LogP contribution in [0.4, 0.5) is 0 Å². The molecule has 3 rings (SSSR count). The van der Waals surface area contributed by atoms with Crippen molar-refractivity contribution in [3.8, 4) is 0 Å². The predicted octanol–water partition coefficient (Wildman–Crippen LogP) is 2.57. The number of benzene rings is 1. The van der Waals surface area contributed by atoms with E-state index in [9.17, 15) is 4.79 Å². The minimum absolute atomic E-state index is 0.115. The maximum absolute atomic E-state index is 12.6. The first-order chi connectivity index (χ1) is 9.80. The van der Waals surface area contributed by atoms with Gasteiger partial charge in [0.05, 0.1) is 11.5 Å². The molecule has 1 aromatic carbocycles. The third kappa shape index (κ3) is 2.73. The smallest absolute Gasteiger partial charge is 0.225 e. The van der Waals surface area contributed by atoms with Crippen molar-refractivity contribution in [2.24, 2.45) is 5.92 Å². The molecule has 1 heterocycles. The Hall–Kier alpha value is -1.35. The average molecular weight is 272 g/mol. The lowest BCUT2D eigenvalue weighted by atomic mass is 9.87. The maximum Gasteiger partial charge on any atom is 0.225 e. The van der Waals surface area contributed by atoms with E-state index in [1.807, 2.05) is 6.07 Å². The third-order valence-corrected chi connectivity index (χ3v) is 4.81. The molecule has 1 saturated carbocycles. The van der Waals surface area contributed by atoms with E-state index in [-0.39, 0.29) is 17.4 Å². The highest BCUT2D eigenvalue weighted by molar-refractivity contribution is 5.80. The Labute approximate surface area is 121 Å². The lowest BCUT2D eigenvalue weighted by Crippen LogP contribution is -2.49. The second-order valence-corrected chi connectivity index (χ2v) is 6.19. The summed E-state index contributed by atoms with van der Waals surface area (Å²) in [5.41, 5.74) is 1.16. The van der Waals surface area contributed by atoms with Crippen LogP contribution >= 0.6 is 0 Å². The van der Waals surface area contributed by atoms with Crippen molar-refractivity contribution in [3.63, 3.8) is 0 Å². The van der Waals surface area contributed by atoms with Gasteiger partial charge in [-0.1, -0.05) is 43.2 Å². The van der Waals surface area contributed by atoms with Crippen molar-refractivity contribution in [1.82, 2.24) is 10.6 Å². The number of nitrogens with one attached hydrogen (secondary N) is 2. The van der Waals surface area contributed by atoms with Crippen LogP contribution in [0, 0.1) is 5.92 Å². The van der Waals surface area contributed by atoms with Gasteiger partial charge in [-0.2, -0.15) is 0 Å². The summed E-state index contributed by atoms with van der Waals surface area (Å²) in [5.74, 6) is 0.382. The molecule has 3 heteroatoms. The maximum atomic E-state index is 12.6. The fourth-order valence-corrected chi connectivity index (χ4v) is 3.64. The molecule has 0 spiro atoms. The molecule has 1 amide bonds. The van der Waals surface area contributed by atoms with Crippen molar-refractivity contribution in [1.29, 1.82) is 0 Å². The van der Waals surface area contributed by atoms with Gasteiger partial charge in [-0.15, -0.1) is 0 Å². The molecule has 1 unspecified atom stereocenters. The number of hydrogen-bond donors (Lipinski definition) is 2. The van der Waals surface area contributed by atoms with Crippen molar-refractivity contribution in [2.75, 3.05) is 13.1 Å². The zero-order valence-corrected chi connectivity index (χ0v) is 12.0. The average Bonchev–Trinajstić information content (AvgIpc) is 2.99. The van der Waals surface area contributed by atoms with E-state index < -0.39 is 0 Å². The Morgan fingerprint density at radius 2 is 1.90 bits per heavy atom. The fourth-order valence-electron chi connectivity index (χ4n) is 3.64. The summed E-state index contributed by atoms with van der Waals surface area (Å²) in [6, 6.07) is 10.5. The van der Waals surface area contributed by atoms with Crippen LogP contribution in [0.5, 0.6) is 0 Å². The van der Waals surface area contributed by atoms with Gasteiger partial charge in [-0.3, -0.25) is 4.79 Å². The van der Waals surface area contributed by atoms with Gasteiger partial charge >= 0.3 is 0 Å². The molecule has 108 valence electrons. The van der Waals surface area contributed by atoms with Gasteiger partial charge in [-0.05, 0) is 37.8 Å². The number of carbonyl (C=O) groups excluding carboxylic acids is 1. The summed E-state index contributed by atoms with van der Waals surface area (Å²) in [6.07, 6.45) is 6.68. The highest BCUT2D eigenvalue weighted by atomic mass is 16.2. The molecule has 2 N–H and O–H groups in total. The molecule has 1 aliphatic heterocycles. The molecule has 3 nitrogen and oxygen atoms in total. The van der Waals surface area contributed by atoms with Crippen LogP contribution in [0.25, 0.3) is 0 Å². The molecule has 1 saturated heterocycles. The molecule has 2 aliphatic rings. The number of hydrogen-bond acceptors (Lipinski definition) is 2. The van der Waals surface area contributed by atoms with E-state index in [4.69, 9.17) is 0 Å². The van der Waals surface area contributed by atoms with Crippen LogP contribution in [0.3, 0.4) is 0 Å². The van der Waals surface area contributed by atoms with Crippen LogP contribution in [-0.2, 0) is 10.3 Å². The fraction of sp³-hybridized carbons (Fsp3) is 0.588. The molecule has 1 atom stereocenters. The van der Waals surface area contributed by atoms with Crippen LogP contribution in [0.1, 0.15) is 44.1 Å². The van der Waals surface area contributed by atoms with Crippen molar-refractivity contribution in [2.45, 2.75) is 44.1 Å². The van der Waals surface area contributed by atoms with E-state index in [1.54, 1.807) is 0 Å². The predicted molar refractivity (Wildman–Crippen MR) is 80.3 cm³/mol. The summed E-state index contributed by atoms with van der Waals surface area (Å²) in [7, 11) is 0. The zero-order chi connectivity index (χ0) is 13.8. The van der Waals surface area contributed by atoms with Gasteiger partial charge in [-0.25, -0.2) is 0 Å². The first-order valence-corrected chi connectivity index (χ1v) is 7.88. The Bertz CT molecular complexity index is 445. The molecule has 1 aromatic rings. The standard InChI is InChI=1S/C17H24N2O/c20-16(14-7-6-12-18-13-14)19-17(10-4-5-11-17)15-8-2-1-3-9-15/h1-3,8-9,14,18H,4-7,10-13H2,(H,19,20). The van der Waals surface area contributed by atoms with Gasteiger partial charge in [0.1, 0.15) is 0 Å². The van der Waals surface area contributed by atoms with Crippen molar-refractivity contribution < 1.29 is 4.79 Å². The topological polar surface area (TPSA) is 41.1 Å². The highest BCUT2D eigenvalue weighted by Crippen LogP contribution is 2.39. The summed E-state index contributed by atoms with van der Waals surface area (Å²) in [6.45, 7) is 1.88. The zero-order valence-electron chi connectivity index (χ0n) is 12.0. The van der Waals surface area contributed by atoms with Gasteiger partial charge in [0.25, 0.3) is 0 Å². The Kier molecular flexibility index (Phi) is 4.06. The molecule has 0 bridgehead atoms. The molecular formula is C17H24N2O. The quantitative estimate of drug-likeness (QED) is 0.888. The van der Waals surface area contributed by atoms with Crippen LogP contribution in [0.15, 0.2) is 30.3 Å². The number of rotatable bonds is 3. The van der Waals surface area contributed by atoms with Crippen molar-refractivity contribution in [3.05, 3.63) is 35.9 Å².